The summed E-state index contributed by atoms with van der Waals surface area (Å²) in [4.78, 5) is 6.92. The molecule has 2 aliphatic rings. The van der Waals surface area contributed by atoms with Crippen molar-refractivity contribution in [2.24, 2.45) is 0 Å². The fourth-order valence-corrected chi connectivity index (χ4v) is 3.01. The molecular formula is C14H17N3O3. The standard InChI is InChI=1S/C14H17N3O3/c1-2-5-17-7-12(19-9-11(17)3-1)13-15-14(20-16-13)10-4-6-18-8-10/h4,6,8,11-12H,1-3,5,7,9H2/t11-,12+/m0/s1. The minimum Gasteiger partial charge on any atom is -0.472 e. The molecular weight excluding hydrogens is 258 g/mol. The summed E-state index contributed by atoms with van der Waals surface area (Å²) in [6.07, 6.45) is 6.92. The molecule has 2 aliphatic heterocycles. The van der Waals surface area contributed by atoms with Crippen molar-refractivity contribution in [3.63, 3.8) is 0 Å². The molecule has 0 aliphatic carbocycles. The van der Waals surface area contributed by atoms with Crippen LogP contribution in [0.5, 0.6) is 0 Å². The highest BCUT2D eigenvalue weighted by Crippen LogP contribution is 2.29. The van der Waals surface area contributed by atoms with Crippen molar-refractivity contribution >= 4 is 0 Å². The van der Waals surface area contributed by atoms with Crippen molar-refractivity contribution in [2.75, 3.05) is 19.7 Å². The predicted molar refractivity (Wildman–Crippen MR) is 69.9 cm³/mol. The lowest BCUT2D eigenvalue weighted by Gasteiger charge is -2.41. The van der Waals surface area contributed by atoms with E-state index in [4.69, 9.17) is 13.7 Å². The maximum atomic E-state index is 5.91. The molecule has 2 saturated heterocycles. The van der Waals surface area contributed by atoms with E-state index in [-0.39, 0.29) is 6.10 Å². The van der Waals surface area contributed by atoms with Crippen LogP contribution in [0.2, 0.25) is 0 Å². The number of ether oxygens (including phenoxy) is 1. The zero-order chi connectivity index (χ0) is 13.4. The number of rotatable bonds is 2. The Morgan fingerprint density at radius 3 is 3.20 bits per heavy atom. The third-order valence-electron chi connectivity index (χ3n) is 4.14. The number of morpholine rings is 1. The van der Waals surface area contributed by atoms with Gasteiger partial charge in [-0.2, -0.15) is 4.98 Å². The molecule has 0 N–H and O–H groups in total. The molecule has 0 radical (unpaired) electrons. The molecule has 0 saturated carbocycles. The van der Waals surface area contributed by atoms with Crippen LogP contribution in [0, 0.1) is 0 Å². The van der Waals surface area contributed by atoms with Gasteiger partial charge in [0, 0.05) is 12.6 Å². The van der Waals surface area contributed by atoms with Crippen molar-refractivity contribution in [3.8, 4) is 11.5 Å². The van der Waals surface area contributed by atoms with Gasteiger partial charge in [0.1, 0.15) is 12.4 Å². The second-order valence-corrected chi connectivity index (χ2v) is 5.44. The van der Waals surface area contributed by atoms with Crippen molar-refractivity contribution in [1.29, 1.82) is 0 Å². The van der Waals surface area contributed by atoms with Gasteiger partial charge in [-0.25, -0.2) is 0 Å². The summed E-state index contributed by atoms with van der Waals surface area (Å²) < 4.78 is 16.2. The second-order valence-electron chi connectivity index (χ2n) is 5.44. The van der Waals surface area contributed by atoms with Crippen molar-refractivity contribution in [1.82, 2.24) is 15.0 Å². The van der Waals surface area contributed by atoms with Gasteiger partial charge in [-0.15, -0.1) is 0 Å². The van der Waals surface area contributed by atoms with Crippen LogP contribution < -0.4 is 0 Å². The lowest BCUT2D eigenvalue weighted by molar-refractivity contribution is -0.0805. The quantitative estimate of drug-likeness (QED) is 0.837. The van der Waals surface area contributed by atoms with E-state index in [1.807, 2.05) is 0 Å². The minimum atomic E-state index is -0.0891. The number of aromatic nitrogens is 2. The van der Waals surface area contributed by atoms with E-state index in [9.17, 15) is 0 Å². The number of nitrogens with zero attached hydrogens (tertiary/aromatic N) is 3. The van der Waals surface area contributed by atoms with E-state index < -0.39 is 0 Å². The SMILES string of the molecule is c1cc(-c2nc([C@H]3CN4CCCC[C@H]4CO3)no2)co1. The summed E-state index contributed by atoms with van der Waals surface area (Å²) in [5.41, 5.74) is 0.801. The molecule has 0 amide bonds. The highest BCUT2D eigenvalue weighted by Gasteiger charge is 2.33. The van der Waals surface area contributed by atoms with Gasteiger partial charge in [-0.3, -0.25) is 4.90 Å². The molecule has 2 fully saturated rings. The Morgan fingerprint density at radius 2 is 2.30 bits per heavy atom. The van der Waals surface area contributed by atoms with Crippen LogP contribution >= 0.6 is 0 Å². The average Bonchev–Trinajstić information content (AvgIpc) is 3.17. The summed E-state index contributed by atoms with van der Waals surface area (Å²) in [7, 11) is 0. The van der Waals surface area contributed by atoms with Crippen LogP contribution in [0.1, 0.15) is 31.2 Å². The van der Waals surface area contributed by atoms with E-state index in [0.717, 1.165) is 25.3 Å². The first kappa shape index (κ1) is 12.1. The molecule has 4 rings (SSSR count). The van der Waals surface area contributed by atoms with Crippen molar-refractivity contribution < 1.29 is 13.7 Å². The molecule has 2 aromatic rings. The number of piperidine rings is 1. The predicted octanol–water partition coefficient (Wildman–Crippen LogP) is 2.26. The van der Waals surface area contributed by atoms with Gasteiger partial charge in [-0.1, -0.05) is 11.6 Å². The summed E-state index contributed by atoms with van der Waals surface area (Å²) >= 11 is 0. The topological polar surface area (TPSA) is 64.5 Å². The zero-order valence-corrected chi connectivity index (χ0v) is 11.2. The Balaban J connectivity index is 1.50. The first-order valence-corrected chi connectivity index (χ1v) is 7.12. The lowest BCUT2D eigenvalue weighted by Crippen LogP contribution is -2.49. The Morgan fingerprint density at radius 1 is 1.30 bits per heavy atom. The monoisotopic (exact) mass is 275 g/mol. The summed E-state index contributed by atoms with van der Waals surface area (Å²) in [6.45, 7) is 2.77. The normalized spacial score (nSPS) is 27.4. The molecule has 106 valence electrons. The number of hydrogen-bond donors (Lipinski definition) is 0. The zero-order valence-electron chi connectivity index (χ0n) is 11.2. The Hall–Kier alpha value is -1.66. The van der Waals surface area contributed by atoms with Crippen LogP contribution in [0.3, 0.4) is 0 Å². The summed E-state index contributed by atoms with van der Waals surface area (Å²) in [5.74, 6) is 1.11. The largest absolute Gasteiger partial charge is 0.472 e. The first-order chi connectivity index (χ1) is 9.90. The molecule has 6 nitrogen and oxygen atoms in total. The molecule has 0 spiro atoms. The van der Waals surface area contributed by atoms with Crippen LogP contribution in [0.4, 0.5) is 0 Å². The third-order valence-corrected chi connectivity index (χ3v) is 4.14. The van der Waals surface area contributed by atoms with E-state index in [1.165, 1.54) is 19.3 Å². The van der Waals surface area contributed by atoms with Crippen LogP contribution in [0.15, 0.2) is 27.5 Å². The highest BCUT2D eigenvalue weighted by atomic mass is 16.5. The summed E-state index contributed by atoms with van der Waals surface area (Å²) in [5, 5.41) is 4.05. The number of furan rings is 1. The van der Waals surface area contributed by atoms with Gasteiger partial charge in [0.2, 0.25) is 5.82 Å². The van der Waals surface area contributed by atoms with Crippen LogP contribution in [0.25, 0.3) is 11.5 Å². The smallest absolute Gasteiger partial charge is 0.261 e. The van der Waals surface area contributed by atoms with Crippen molar-refractivity contribution in [3.05, 3.63) is 24.4 Å². The maximum Gasteiger partial charge on any atom is 0.261 e. The van der Waals surface area contributed by atoms with Gasteiger partial charge in [0.05, 0.1) is 18.4 Å². The number of hydrogen-bond acceptors (Lipinski definition) is 6. The van der Waals surface area contributed by atoms with Gasteiger partial charge in [-0.05, 0) is 25.5 Å². The Bertz CT molecular complexity index is 566. The minimum absolute atomic E-state index is 0.0891. The van der Waals surface area contributed by atoms with E-state index >= 15 is 0 Å². The van der Waals surface area contributed by atoms with Gasteiger partial charge >= 0.3 is 0 Å². The third kappa shape index (κ3) is 2.14. The van der Waals surface area contributed by atoms with Gasteiger partial charge in [0.25, 0.3) is 5.89 Å². The van der Waals surface area contributed by atoms with Gasteiger partial charge < -0.3 is 13.7 Å². The average molecular weight is 275 g/mol. The molecule has 0 aromatic carbocycles. The van der Waals surface area contributed by atoms with Crippen molar-refractivity contribution in [2.45, 2.75) is 31.4 Å². The number of fused-ring (bicyclic) bond motifs is 1. The lowest BCUT2D eigenvalue weighted by atomic mass is 10.0. The highest BCUT2D eigenvalue weighted by molar-refractivity contribution is 5.49. The first-order valence-electron chi connectivity index (χ1n) is 7.12. The maximum absolute atomic E-state index is 5.91. The molecule has 2 aromatic heterocycles. The molecule has 2 atom stereocenters. The summed E-state index contributed by atoms with van der Waals surface area (Å²) in [6, 6.07) is 2.37. The Labute approximate surface area is 116 Å². The fourth-order valence-electron chi connectivity index (χ4n) is 3.01. The fraction of sp³-hybridized carbons (Fsp3) is 0.571. The second kappa shape index (κ2) is 5.03. The van der Waals surface area contributed by atoms with E-state index in [0.29, 0.717) is 17.8 Å². The molecule has 0 bridgehead atoms. The molecule has 4 heterocycles. The molecule has 20 heavy (non-hydrogen) atoms. The van der Waals surface area contributed by atoms with E-state index in [1.54, 1.807) is 18.6 Å². The van der Waals surface area contributed by atoms with E-state index in [2.05, 4.69) is 15.0 Å². The Kier molecular flexibility index (Phi) is 3.05. The molecule has 0 unspecified atom stereocenters. The molecule has 6 heteroatoms. The van der Waals surface area contributed by atoms with Crippen LogP contribution in [-0.4, -0.2) is 40.8 Å². The van der Waals surface area contributed by atoms with Gasteiger partial charge in [0.15, 0.2) is 0 Å². The van der Waals surface area contributed by atoms with Crippen LogP contribution in [-0.2, 0) is 4.74 Å².